The van der Waals surface area contributed by atoms with Gasteiger partial charge in [0.2, 0.25) is 0 Å². The van der Waals surface area contributed by atoms with Crippen LogP contribution in [0.2, 0.25) is 0 Å². The molecule has 4 heteroatoms. The van der Waals surface area contributed by atoms with Gasteiger partial charge in [-0.15, -0.1) is 0 Å². The zero-order valence-corrected chi connectivity index (χ0v) is 44.1. The fraction of sp³-hybridized carbons (Fsp3) is 0.789. The second-order valence-corrected chi connectivity index (χ2v) is 27.8. The molecular weight excluding hydrogens is 749 g/mol. The van der Waals surface area contributed by atoms with Crippen LogP contribution in [-0.4, -0.2) is 38.6 Å². The summed E-state index contributed by atoms with van der Waals surface area (Å²) in [5.74, 6) is 2.22. The van der Waals surface area contributed by atoms with Crippen molar-refractivity contribution in [2.45, 2.75) is 243 Å². The molecule has 2 aliphatic rings. The van der Waals surface area contributed by atoms with Crippen LogP contribution in [0.15, 0.2) is 24.3 Å². The Bertz CT molecular complexity index is 1540. The van der Waals surface area contributed by atoms with Crippen molar-refractivity contribution in [3.8, 4) is 11.5 Å². The van der Waals surface area contributed by atoms with Gasteiger partial charge >= 0.3 is 0 Å². The molecule has 2 aromatic rings. The second-order valence-electron chi connectivity index (χ2n) is 27.8. The summed E-state index contributed by atoms with van der Waals surface area (Å²) in [5, 5.41) is 0. The summed E-state index contributed by atoms with van der Waals surface area (Å²) >= 11 is 0. The summed E-state index contributed by atoms with van der Waals surface area (Å²) in [7, 11) is 0. The van der Waals surface area contributed by atoms with Crippen LogP contribution in [0.4, 0.5) is 0 Å². The van der Waals surface area contributed by atoms with Crippen LogP contribution >= 0.6 is 0 Å². The van der Waals surface area contributed by atoms with Gasteiger partial charge in [0.05, 0.1) is 38.6 Å². The highest BCUT2D eigenvalue weighted by molar-refractivity contribution is 5.58. The van der Waals surface area contributed by atoms with E-state index in [1.54, 1.807) is 0 Å². The summed E-state index contributed by atoms with van der Waals surface area (Å²) in [4.78, 5) is 0. The van der Waals surface area contributed by atoms with Gasteiger partial charge in [-0.1, -0.05) is 177 Å². The number of rotatable bonds is 20. The Morgan fingerprint density at radius 3 is 0.836 bits per heavy atom. The van der Waals surface area contributed by atoms with E-state index in [1.165, 1.54) is 33.4 Å². The van der Waals surface area contributed by atoms with E-state index < -0.39 is 0 Å². The van der Waals surface area contributed by atoms with E-state index in [0.717, 1.165) is 76.1 Å². The number of benzene rings is 2. The topological polar surface area (TPSA) is 43.5 Å². The largest absolute Gasteiger partial charge is 0.493 e. The third kappa shape index (κ3) is 15.0. The van der Waals surface area contributed by atoms with Crippen molar-refractivity contribution in [2.24, 2.45) is 21.7 Å². The van der Waals surface area contributed by atoms with E-state index >= 15 is 0 Å². The van der Waals surface area contributed by atoms with Gasteiger partial charge in [-0.2, -0.15) is 0 Å². The zero-order chi connectivity index (χ0) is 46.4. The van der Waals surface area contributed by atoms with Crippen LogP contribution in [0.3, 0.4) is 0 Å². The van der Waals surface area contributed by atoms with Crippen molar-refractivity contribution in [2.75, 3.05) is 26.4 Å². The molecule has 2 heterocycles. The minimum atomic E-state index is -0.331. The molecule has 0 radical (unpaired) electrons. The summed E-state index contributed by atoms with van der Waals surface area (Å²) in [5.41, 5.74) is 7.78. The van der Waals surface area contributed by atoms with Gasteiger partial charge in [-0.25, -0.2) is 0 Å². The average molecular weight is 845 g/mol. The molecule has 2 saturated heterocycles. The number of epoxide rings is 2. The lowest BCUT2D eigenvalue weighted by molar-refractivity contribution is 0.244. The molecule has 0 aliphatic carbocycles. The van der Waals surface area contributed by atoms with E-state index in [9.17, 15) is 0 Å². The van der Waals surface area contributed by atoms with E-state index in [2.05, 4.69) is 177 Å². The second kappa shape index (κ2) is 18.1. The molecule has 61 heavy (non-hydrogen) atoms. The highest BCUT2D eigenvalue weighted by Crippen LogP contribution is 2.53. The fourth-order valence-corrected chi connectivity index (χ4v) is 11.6. The molecule has 2 aliphatic heterocycles. The third-order valence-corrected chi connectivity index (χ3v) is 13.1. The van der Waals surface area contributed by atoms with Crippen molar-refractivity contribution < 1.29 is 18.9 Å². The Morgan fingerprint density at radius 2 is 0.639 bits per heavy atom. The highest BCUT2D eigenvalue weighted by atomic mass is 16.6. The molecule has 2 aromatic carbocycles. The Morgan fingerprint density at radius 1 is 0.410 bits per heavy atom. The molecule has 0 saturated carbocycles. The molecule has 0 bridgehead atoms. The maximum Gasteiger partial charge on any atom is 0.126 e. The van der Waals surface area contributed by atoms with Crippen LogP contribution < -0.4 is 9.47 Å². The first-order chi connectivity index (χ1) is 27.4. The van der Waals surface area contributed by atoms with Gasteiger partial charge in [0, 0.05) is 27.7 Å². The lowest BCUT2D eigenvalue weighted by atomic mass is 9.64. The van der Waals surface area contributed by atoms with E-state index in [0.29, 0.717) is 25.4 Å². The molecule has 2 unspecified atom stereocenters. The monoisotopic (exact) mass is 845 g/mol. The molecule has 4 nitrogen and oxygen atoms in total. The number of hydrogen-bond donors (Lipinski definition) is 0. The Kier molecular flexibility index (Phi) is 15.3. The first-order valence-electron chi connectivity index (χ1n) is 24.3. The normalized spacial score (nSPS) is 18.4. The quantitative estimate of drug-likeness (QED) is 0.0984. The number of hydrogen-bond acceptors (Lipinski definition) is 4. The Balaban J connectivity index is 2.08. The number of ether oxygens (including phenoxy) is 4. The summed E-state index contributed by atoms with van der Waals surface area (Å²) < 4.78 is 25.5. The summed E-state index contributed by atoms with van der Waals surface area (Å²) in [6, 6.07) is 10.2. The molecule has 0 N–H and O–H groups in total. The maximum atomic E-state index is 7.14. The first kappa shape index (κ1) is 51.6. The lowest BCUT2D eigenvalue weighted by Gasteiger charge is -2.42. The average Bonchev–Trinajstić information content (AvgIpc) is 3.96. The van der Waals surface area contributed by atoms with Gasteiger partial charge in [-0.3, -0.25) is 0 Å². The van der Waals surface area contributed by atoms with Crippen LogP contribution in [0.5, 0.6) is 11.5 Å². The first-order valence-corrected chi connectivity index (χ1v) is 24.3. The van der Waals surface area contributed by atoms with Crippen molar-refractivity contribution >= 4 is 0 Å². The van der Waals surface area contributed by atoms with Crippen LogP contribution in [0.25, 0.3) is 0 Å². The lowest BCUT2D eigenvalue weighted by Crippen LogP contribution is -2.32. The Hall–Kier alpha value is -2.04. The predicted molar refractivity (Wildman–Crippen MR) is 262 cm³/mol. The van der Waals surface area contributed by atoms with Crippen LogP contribution in [0.1, 0.15) is 237 Å². The molecule has 4 rings (SSSR count). The standard InChI is InChI=1S/C57H96O4/c1-49(2,3)35-53(13,14)43-29-39(30-44(54(15,16)36-50(4,5)6)47(43)58-27-23-25-41-33-60-41)57(21,22)40-31-45(55(17,18)37-51(7,8)9)48(59-28-24-26-42-34-61-42)46(32-40)56(19,20)38-52(10,11)12/h29-32,41-42H,23-28,33-38H2,1-22H3. The SMILES string of the molecule is CC(C)(C)CC(C)(C)c1cc(C(C)(C)c2cc(C(C)(C)CC(C)(C)C)c(OCCCC3CO3)c(C(C)(C)CC(C)(C)C)c2)cc(C(C)(C)CC(C)(C)C)c1OCCCC1CO1. The summed E-state index contributed by atoms with van der Waals surface area (Å²) in [6.07, 6.45) is 9.12. The minimum Gasteiger partial charge on any atom is -0.493 e. The van der Waals surface area contributed by atoms with Crippen molar-refractivity contribution in [3.05, 3.63) is 57.6 Å². The molecule has 0 amide bonds. The van der Waals surface area contributed by atoms with Crippen molar-refractivity contribution in [1.29, 1.82) is 0 Å². The minimum absolute atomic E-state index is 0.130. The van der Waals surface area contributed by atoms with Crippen LogP contribution in [-0.2, 0) is 36.5 Å². The zero-order valence-electron chi connectivity index (χ0n) is 44.1. The molecule has 2 fully saturated rings. The van der Waals surface area contributed by atoms with Gasteiger partial charge < -0.3 is 18.9 Å². The van der Waals surface area contributed by atoms with Gasteiger partial charge in [0.1, 0.15) is 11.5 Å². The molecular formula is C57H96O4. The molecule has 348 valence electrons. The Labute approximate surface area is 377 Å². The summed E-state index contributed by atoms with van der Waals surface area (Å²) in [6.45, 7) is 56.4. The van der Waals surface area contributed by atoms with Crippen molar-refractivity contribution in [3.63, 3.8) is 0 Å². The predicted octanol–water partition coefficient (Wildman–Crippen LogP) is 16.0. The molecule has 0 spiro atoms. The molecule has 2 atom stereocenters. The van der Waals surface area contributed by atoms with Crippen LogP contribution in [0, 0.1) is 21.7 Å². The van der Waals surface area contributed by atoms with E-state index in [4.69, 9.17) is 18.9 Å². The smallest absolute Gasteiger partial charge is 0.126 e. The van der Waals surface area contributed by atoms with Crippen molar-refractivity contribution in [1.82, 2.24) is 0 Å². The van der Waals surface area contributed by atoms with E-state index in [-0.39, 0.29) is 48.7 Å². The van der Waals surface area contributed by atoms with Gasteiger partial charge in [0.15, 0.2) is 0 Å². The maximum absolute atomic E-state index is 7.14. The molecule has 0 aromatic heterocycles. The van der Waals surface area contributed by atoms with E-state index in [1.807, 2.05) is 0 Å². The fourth-order valence-electron chi connectivity index (χ4n) is 11.6. The van der Waals surface area contributed by atoms with Gasteiger partial charge in [-0.05, 0) is 106 Å². The highest BCUT2D eigenvalue weighted by Gasteiger charge is 2.42. The third-order valence-electron chi connectivity index (χ3n) is 13.1. The van der Waals surface area contributed by atoms with Gasteiger partial charge in [0.25, 0.3) is 0 Å².